The van der Waals surface area contributed by atoms with Crippen molar-refractivity contribution in [1.29, 1.82) is 0 Å². The highest BCUT2D eigenvalue weighted by Crippen LogP contribution is 2.15. The van der Waals surface area contributed by atoms with Crippen LogP contribution in [0.5, 0.6) is 0 Å². The molecule has 94 valence electrons. The molecule has 0 aromatic heterocycles. The molecule has 0 fully saturated rings. The summed E-state index contributed by atoms with van der Waals surface area (Å²) < 4.78 is 43.5. The third-order valence-electron chi connectivity index (χ3n) is 2.07. The van der Waals surface area contributed by atoms with Gasteiger partial charge in [0.15, 0.2) is 17.5 Å². The molecule has 0 aliphatic rings. The third kappa shape index (κ3) is 3.20. The molecule has 0 aliphatic heterocycles. The Morgan fingerprint density at radius 3 is 2.59 bits per heavy atom. The Morgan fingerprint density at radius 1 is 1.35 bits per heavy atom. The molecule has 1 rings (SSSR count). The summed E-state index contributed by atoms with van der Waals surface area (Å²) in [4.78, 5) is 11.5. The topological polar surface area (TPSA) is 38.3 Å². The first-order valence-electron chi connectivity index (χ1n) is 4.90. The van der Waals surface area contributed by atoms with Crippen molar-refractivity contribution >= 4 is 5.91 Å². The maximum absolute atomic E-state index is 13.2. The van der Waals surface area contributed by atoms with E-state index in [1.165, 1.54) is 7.11 Å². The molecule has 0 radical (unpaired) electrons. The lowest BCUT2D eigenvalue weighted by atomic mass is 10.1. The maximum Gasteiger partial charge on any atom is 0.254 e. The fourth-order valence-corrected chi connectivity index (χ4v) is 1.29. The van der Waals surface area contributed by atoms with E-state index in [0.29, 0.717) is 6.07 Å². The van der Waals surface area contributed by atoms with Gasteiger partial charge < -0.3 is 10.1 Å². The van der Waals surface area contributed by atoms with Gasteiger partial charge in [-0.2, -0.15) is 0 Å². The molecule has 0 spiro atoms. The maximum atomic E-state index is 13.2. The van der Waals surface area contributed by atoms with Crippen LogP contribution in [0.4, 0.5) is 13.2 Å². The van der Waals surface area contributed by atoms with Gasteiger partial charge in [0.05, 0.1) is 12.2 Å². The van der Waals surface area contributed by atoms with Crippen LogP contribution in [0.1, 0.15) is 17.3 Å². The Kier molecular flexibility index (Phi) is 4.51. The van der Waals surface area contributed by atoms with Crippen molar-refractivity contribution in [2.75, 3.05) is 13.7 Å². The first-order chi connectivity index (χ1) is 7.97. The van der Waals surface area contributed by atoms with Gasteiger partial charge in [0, 0.05) is 13.2 Å². The van der Waals surface area contributed by atoms with Crippen LogP contribution in [0.3, 0.4) is 0 Å². The van der Waals surface area contributed by atoms with E-state index in [-0.39, 0.29) is 12.6 Å². The van der Waals surface area contributed by atoms with Crippen molar-refractivity contribution in [2.24, 2.45) is 0 Å². The number of benzene rings is 1. The normalized spacial score (nSPS) is 12.3. The number of nitrogens with one attached hydrogen (secondary N) is 1. The second kappa shape index (κ2) is 5.67. The van der Waals surface area contributed by atoms with Gasteiger partial charge in [-0.3, -0.25) is 4.79 Å². The van der Waals surface area contributed by atoms with E-state index in [4.69, 9.17) is 4.74 Å². The Balaban J connectivity index is 2.86. The minimum Gasteiger partial charge on any atom is -0.383 e. The van der Waals surface area contributed by atoms with Gasteiger partial charge in [-0.1, -0.05) is 0 Å². The van der Waals surface area contributed by atoms with Crippen LogP contribution in [0.15, 0.2) is 12.1 Å². The lowest BCUT2D eigenvalue weighted by molar-refractivity contribution is 0.0900. The van der Waals surface area contributed by atoms with Crippen LogP contribution >= 0.6 is 0 Å². The predicted molar refractivity (Wildman–Crippen MR) is 55.1 cm³/mol. The lowest BCUT2D eigenvalue weighted by Crippen LogP contribution is -2.36. The highest BCUT2D eigenvalue weighted by atomic mass is 19.2. The fraction of sp³-hybridized carbons (Fsp3) is 0.364. The molecule has 3 nitrogen and oxygen atoms in total. The Hall–Kier alpha value is -1.56. The zero-order valence-corrected chi connectivity index (χ0v) is 9.39. The molecule has 1 aromatic rings. The first-order valence-corrected chi connectivity index (χ1v) is 4.90. The Morgan fingerprint density at radius 2 is 2.00 bits per heavy atom. The SMILES string of the molecule is COC[C@@H](C)NC(=O)c1ccc(F)c(F)c1F. The molecule has 6 heteroatoms. The van der Waals surface area contributed by atoms with Gasteiger partial charge in [0.1, 0.15) is 0 Å². The number of carbonyl (C=O) groups is 1. The highest BCUT2D eigenvalue weighted by molar-refractivity contribution is 5.94. The van der Waals surface area contributed by atoms with Crippen molar-refractivity contribution in [2.45, 2.75) is 13.0 Å². The average molecular weight is 247 g/mol. The summed E-state index contributed by atoms with van der Waals surface area (Å²) in [6.07, 6.45) is 0. The van der Waals surface area contributed by atoms with E-state index in [9.17, 15) is 18.0 Å². The van der Waals surface area contributed by atoms with Gasteiger partial charge in [-0.25, -0.2) is 13.2 Å². The zero-order chi connectivity index (χ0) is 13.0. The number of carbonyl (C=O) groups excluding carboxylic acids is 1. The van der Waals surface area contributed by atoms with Crippen LogP contribution in [-0.2, 0) is 4.74 Å². The third-order valence-corrected chi connectivity index (χ3v) is 2.07. The largest absolute Gasteiger partial charge is 0.383 e. The lowest BCUT2D eigenvalue weighted by Gasteiger charge is -2.13. The molecular weight excluding hydrogens is 235 g/mol. The zero-order valence-electron chi connectivity index (χ0n) is 9.39. The molecule has 0 heterocycles. The summed E-state index contributed by atoms with van der Waals surface area (Å²) in [6.45, 7) is 1.87. The first kappa shape index (κ1) is 13.5. The highest BCUT2D eigenvalue weighted by Gasteiger charge is 2.19. The summed E-state index contributed by atoms with van der Waals surface area (Å²) in [7, 11) is 1.45. The van der Waals surface area contributed by atoms with Crippen LogP contribution in [0, 0.1) is 17.5 Å². The molecule has 1 N–H and O–H groups in total. The van der Waals surface area contributed by atoms with Gasteiger partial charge in [0.2, 0.25) is 0 Å². The molecule has 0 unspecified atom stereocenters. The van der Waals surface area contributed by atoms with E-state index in [1.54, 1.807) is 6.92 Å². The van der Waals surface area contributed by atoms with Crippen molar-refractivity contribution in [1.82, 2.24) is 5.32 Å². The summed E-state index contributed by atoms with van der Waals surface area (Å²) in [5.74, 6) is -5.29. The van der Waals surface area contributed by atoms with Crippen LogP contribution in [-0.4, -0.2) is 25.7 Å². The second-order valence-corrected chi connectivity index (χ2v) is 3.55. The van der Waals surface area contributed by atoms with Gasteiger partial charge in [0.25, 0.3) is 5.91 Å². The van der Waals surface area contributed by atoms with E-state index in [1.807, 2.05) is 0 Å². The van der Waals surface area contributed by atoms with Gasteiger partial charge >= 0.3 is 0 Å². The number of amides is 1. The number of rotatable bonds is 4. The molecule has 1 atom stereocenters. The summed E-state index contributed by atoms with van der Waals surface area (Å²) in [5, 5.41) is 2.39. The van der Waals surface area contributed by atoms with E-state index < -0.39 is 28.9 Å². The fourth-order valence-electron chi connectivity index (χ4n) is 1.29. The minimum absolute atomic E-state index is 0.233. The number of halogens is 3. The van der Waals surface area contributed by atoms with Crippen molar-refractivity contribution in [3.05, 3.63) is 35.1 Å². The predicted octanol–water partition coefficient (Wildman–Crippen LogP) is 1.87. The van der Waals surface area contributed by atoms with Crippen molar-refractivity contribution < 1.29 is 22.7 Å². The second-order valence-electron chi connectivity index (χ2n) is 3.55. The molecule has 0 saturated carbocycles. The number of ether oxygens (including phenoxy) is 1. The van der Waals surface area contributed by atoms with E-state index in [2.05, 4.69) is 5.32 Å². The average Bonchev–Trinajstić information content (AvgIpc) is 2.26. The molecule has 0 aliphatic carbocycles. The van der Waals surface area contributed by atoms with Crippen molar-refractivity contribution in [3.63, 3.8) is 0 Å². The molecule has 1 aromatic carbocycles. The van der Waals surface area contributed by atoms with E-state index in [0.717, 1.165) is 6.07 Å². The van der Waals surface area contributed by atoms with Gasteiger partial charge in [-0.15, -0.1) is 0 Å². The number of hydrogen-bond acceptors (Lipinski definition) is 2. The smallest absolute Gasteiger partial charge is 0.254 e. The van der Waals surface area contributed by atoms with Crippen LogP contribution < -0.4 is 5.32 Å². The van der Waals surface area contributed by atoms with E-state index >= 15 is 0 Å². The number of hydrogen-bond donors (Lipinski definition) is 1. The van der Waals surface area contributed by atoms with Crippen LogP contribution in [0.25, 0.3) is 0 Å². The Labute approximate surface area is 96.6 Å². The summed E-state index contributed by atoms with van der Waals surface area (Å²) >= 11 is 0. The minimum atomic E-state index is -1.66. The van der Waals surface area contributed by atoms with Crippen molar-refractivity contribution in [3.8, 4) is 0 Å². The monoisotopic (exact) mass is 247 g/mol. The molecule has 1 amide bonds. The van der Waals surface area contributed by atoms with Crippen LogP contribution in [0.2, 0.25) is 0 Å². The number of methoxy groups -OCH3 is 1. The van der Waals surface area contributed by atoms with Gasteiger partial charge in [-0.05, 0) is 19.1 Å². The quantitative estimate of drug-likeness (QED) is 0.825. The summed E-state index contributed by atoms with van der Waals surface area (Å²) in [5.41, 5.74) is -0.535. The Bertz CT molecular complexity index is 423. The summed E-state index contributed by atoms with van der Waals surface area (Å²) in [6, 6.07) is 1.23. The molecular formula is C11H12F3NO2. The molecule has 17 heavy (non-hydrogen) atoms. The molecule has 0 bridgehead atoms. The standard InChI is InChI=1S/C11H12F3NO2/c1-6(5-17-2)15-11(16)7-3-4-8(12)10(14)9(7)13/h3-4,6H,5H2,1-2H3,(H,15,16)/t6-/m1/s1. The molecule has 0 saturated heterocycles.